The van der Waals surface area contributed by atoms with Crippen LogP contribution in [0.4, 0.5) is 22.0 Å². The summed E-state index contributed by atoms with van der Waals surface area (Å²) >= 11 is 0. The molecule has 12 heteroatoms. The number of carbonyl (C=O) groups is 2. The summed E-state index contributed by atoms with van der Waals surface area (Å²) in [5.41, 5.74) is -2.41. The van der Waals surface area contributed by atoms with Crippen LogP contribution in [0.2, 0.25) is 0 Å². The van der Waals surface area contributed by atoms with Crippen molar-refractivity contribution >= 4 is 11.8 Å². The highest BCUT2D eigenvalue weighted by Crippen LogP contribution is 2.39. The van der Waals surface area contributed by atoms with Crippen molar-refractivity contribution in [3.05, 3.63) is 53.6 Å². The molecule has 0 saturated carbocycles. The second-order valence-electron chi connectivity index (χ2n) is 11.4. The highest BCUT2D eigenvalue weighted by molar-refractivity contribution is 6.09. The molecule has 41 heavy (non-hydrogen) atoms. The lowest BCUT2D eigenvalue weighted by molar-refractivity contribution is -0.217. The quantitative estimate of drug-likeness (QED) is 0.318. The van der Waals surface area contributed by atoms with E-state index in [9.17, 15) is 32.3 Å². The van der Waals surface area contributed by atoms with Gasteiger partial charge in [-0.15, -0.1) is 0 Å². The molecule has 2 aliphatic heterocycles. The summed E-state index contributed by atoms with van der Waals surface area (Å²) in [7, 11) is 0. The van der Waals surface area contributed by atoms with Gasteiger partial charge in [-0.1, -0.05) is 12.1 Å². The minimum Gasteiger partial charge on any atom is -0.493 e. The Bertz CT molecular complexity index is 1260. The van der Waals surface area contributed by atoms with Crippen molar-refractivity contribution in [1.82, 2.24) is 15.5 Å². The predicted octanol–water partition coefficient (Wildman–Crippen LogP) is 4.29. The van der Waals surface area contributed by atoms with E-state index in [0.29, 0.717) is 25.9 Å². The molecular weight excluding hydrogens is 549 g/mol. The van der Waals surface area contributed by atoms with Gasteiger partial charge in [-0.25, -0.2) is 8.78 Å². The maximum Gasteiger partial charge on any atom is 0.395 e. The monoisotopic (exact) mass is 583 g/mol. The number of imide groups is 1. The van der Waals surface area contributed by atoms with Gasteiger partial charge in [0.25, 0.3) is 5.91 Å². The summed E-state index contributed by atoms with van der Waals surface area (Å²) < 4.78 is 75.3. The number of carbonyl (C=O) groups excluding carboxylic acids is 2. The SMILES string of the molecule is CC(C)(CN1CCC(COc2ccc(-c3cccc(F)c3C(=O)NC(=O)[C@@H]3C[C@@H](O)CN3)c(F)c2)CC1)C(F)(F)F. The van der Waals surface area contributed by atoms with E-state index in [4.69, 9.17) is 4.74 Å². The van der Waals surface area contributed by atoms with Crippen molar-refractivity contribution in [2.24, 2.45) is 11.3 Å². The molecule has 7 nitrogen and oxygen atoms in total. The Hall–Kier alpha value is -3.09. The number of hydrogen-bond acceptors (Lipinski definition) is 6. The van der Waals surface area contributed by atoms with Crippen LogP contribution in [0.15, 0.2) is 36.4 Å². The minimum atomic E-state index is -4.28. The lowest BCUT2D eigenvalue weighted by Gasteiger charge is -2.38. The first-order chi connectivity index (χ1) is 19.2. The molecule has 2 amide bonds. The summed E-state index contributed by atoms with van der Waals surface area (Å²) in [5.74, 6) is -3.14. The van der Waals surface area contributed by atoms with Crippen molar-refractivity contribution < 1.29 is 41.4 Å². The van der Waals surface area contributed by atoms with E-state index in [-0.39, 0.29) is 48.9 Å². The summed E-state index contributed by atoms with van der Waals surface area (Å²) in [6, 6.07) is 6.88. The van der Waals surface area contributed by atoms with Crippen LogP contribution < -0.4 is 15.4 Å². The largest absolute Gasteiger partial charge is 0.493 e. The molecule has 0 aromatic heterocycles. The molecule has 0 spiro atoms. The number of benzene rings is 2. The molecule has 224 valence electrons. The Morgan fingerprint density at radius 1 is 1.07 bits per heavy atom. The van der Waals surface area contributed by atoms with Gasteiger partial charge in [-0.2, -0.15) is 13.2 Å². The van der Waals surface area contributed by atoms with E-state index in [1.54, 1.807) is 4.90 Å². The number of nitrogens with one attached hydrogen (secondary N) is 2. The summed E-state index contributed by atoms with van der Waals surface area (Å²) in [6.07, 6.45) is -3.62. The van der Waals surface area contributed by atoms with Gasteiger partial charge < -0.3 is 20.1 Å². The standard InChI is InChI=1S/C29H34F5N3O4/c1-28(2,29(32,33)34)16-37-10-8-17(9-11-37)15-41-19-6-7-20(23(31)13-19)21-4-3-5-22(30)25(21)27(40)36-26(39)24-12-18(38)14-35-24/h3-7,13,17-18,24,35,38H,8-12,14-16H2,1-2H3,(H,36,39,40)/t18-,24+/m1/s1. The molecule has 0 radical (unpaired) electrons. The number of β-amino-alcohol motifs (C(OH)–C–C–N with tert-alkyl or cyclic N) is 1. The molecule has 2 fully saturated rings. The number of ether oxygens (including phenoxy) is 1. The van der Waals surface area contributed by atoms with Gasteiger partial charge in [-0.3, -0.25) is 14.9 Å². The first-order valence-corrected chi connectivity index (χ1v) is 13.5. The van der Waals surface area contributed by atoms with Crippen LogP contribution in [0.3, 0.4) is 0 Å². The van der Waals surface area contributed by atoms with Crippen molar-refractivity contribution in [3.8, 4) is 16.9 Å². The molecule has 0 aliphatic carbocycles. The Balaban J connectivity index is 1.37. The molecule has 3 N–H and O–H groups in total. The van der Waals surface area contributed by atoms with E-state index >= 15 is 4.39 Å². The van der Waals surface area contributed by atoms with Crippen LogP contribution in [0.5, 0.6) is 5.75 Å². The third-order valence-electron chi connectivity index (χ3n) is 7.71. The topological polar surface area (TPSA) is 90.9 Å². The predicted molar refractivity (Wildman–Crippen MR) is 141 cm³/mol. The summed E-state index contributed by atoms with van der Waals surface area (Å²) in [5, 5.41) is 14.5. The fourth-order valence-corrected chi connectivity index (χ4v) is 5.14. The Morgan fingerprint density at radius 3 is 2.39 bits per heavy atom. The van der Waals surface area contributed by atoms with Crippen LogP contribution in [-0.4, -0.2) is 72.9 Å². The van der Waals surface area contributed by atoms with Crippen molar-refractivity contribution in [2.75, 3.05) is 32.8 Å². The van der Waals surface area contributed by atoms with E-state index < -0.39 is 52.7 Å². The van der Waals surface area contributed by atoms with Gasteiger partial charge in [0.1, 0.15) is 17.4 Å². The summed E-state index contributed by atoms with van der Waals surface area (Å²) in [4.78, 5) is 27.0. The van der Waals surface area contributed by atoms with E-state index in [1.165, 1.54) is 38.1 Å². The molecule has 2 heterocycles. The Labute approximate surface area is 235 Å². The van der Waals surface area contributed by atoms with E-state index in [2.05, 4.69) is 10.6 Å². The molecule has 2 atom stereocenters. The zero-order valence-corrected chi connectivity index (χ0v) is 22.9. The second kappa shape index (κ2) is 12.4. The van der Waals surface area contributed by atoms with Crippen molar-refractivity contribution in [3.63, 3.8) is 0 Å². The molecule has 2 aliphatic rings. The number of likely N-dealkylation sites (tertiary alicyclic amines) is 1. The molecule has 4 rings (SSSR count). The number of alkyl halides is 3. The summed E-state index contributed by atoms with van der Waals surface area (Å²) in [6.45, 7) is 3.77. The van der Waals surface area contributed by atoms with E-state index in [0.717, 1.165) is 12.1 Å². The van der Waals surface area contributed by atoms with Crippen molar-refractivity contribution in [2.45, 2.75) is 51.4 Å². The van der Waals surface area contributed by atoms with Gasteiger partial charge in [0.05, 0.1) is 29.7 Å². The fourth-order valence-electron chi connectivity index (χ4n) is 5.14. The highest BCUT2D eigenvalue weighted by atomic mass is 19.4. The zero-order valence-electron chi connectivity index (χ0n) is 22.9. The molecule has 0 bridgehead atoms. The molecular formula is C29H34F5N3O4. The minimum absolute atomic E-state index is 0.0482. The number of nitrogens with zero attached hydrogens (tertiary/aromatic N) is 1. The number of amides is 2. The van der Waals surface area contributed by atoms with Gasteiger partial charge in [0.2, 0.25) is 5.91 Å². The fraction of sp³-hybridized carbons (Fsp3) is 0.517. The van der Waals surface area contributed by atoms with Gasteiger partial charge in [0, 0.05) is 30.3 Å². The average molecular weight is 584 g/mol. The highest BCUT2D eigenvalue weighted by Gasteiger charge is 2.48. The molecule has 2 aromatic rings. The number of piperidine rings is 1. The smallest absolute Gasteiger partial charge is 0.395 e. The first-order valence-electron chi connectivity index (χ1n) is 13.5. The van der Waals surface area contributed by atoms with E-state index in [1.807, 2.05) is 0 Å². The molecule has 2 aromatic carbocycles. The average Bonchev–Trinajstić information content (AvgIpc) is 3.34. The third kappa shape index (κ3) is 7.41. The normalized spacial score (nSPS) is 20.7. The van der Waals surface area contributed by atoms with Crippen LogP contribution >= 0.6 is 0 Å². The maximum absolute atomic E-state index is 15.2. The van der Waals surface area contributed by atoms with Crippen molar-refractivity contribution in [1.29, 1.82) is 0 Å². The lowest BCUT2D eigenvalue weighted by atomic mass is 9.89. The van der Waals surface area contributed by atoms with Crippen LogP contribution in [-0.2, 0) is 4.79 Å². The molecule has 2 saturated heterocycles. The number of aliphatic hydroxyl groups excluding tert-OH is 1. The van der Waals surface area contributed by atoms with Gasteiger partial charge >= 0.3 is 6.18 Å². The number of rotatable bonds is 8. The van der Waals surface area contributed by atoms with Crippen LogP contribution in [0.1, 0.15) is 43.5 Å². The van der Waals surface area contributed by atoms with Gasteiger partial charge in [-0.05, 0) is 70.3 Å². The first kappa shape index (κ1) is 30.9. The Morgan fingerprint density at radius 2 is 1.78 bits per heavy atom. The second-order valence-corrected chi connectivity index (χ2v) is 11.4. The lowest BCUT2D eigenvalue weighted by Crippen LogP contribution is -2.46. The molecule has 0 unspecified atom stereocenters. The maximum atomic E-state index is 15.2. The third-order valence-corrected chi connectivity index (χ3v) is 7.71. The van der Waals surface area contributed by atoms with Gasteiger partial charge in [0.15, 0.2) is 0 Å². The Kier molecular flexibility index (Phi) is 9.35. The number of hydrogen-bond donors (Lipinski definition) is 3. The number of halogens is 5. The van der Waals surface area contributed by atoms with Crippen LogP contribution in [0, 0.1) is 23.0 Å². The zero-order chi connectivity index (χ0) is 29.9. The van der Waals surface area contributed by atoms with Crippen LogP contribution in [0.25, 0.3) is 11.1 Å². The number of aliphatic hydroxyl groups is 1.